The number of hydrogen-bond donors (Lipinski definition) is 0. The second-order valence-electron chi connectivity index (χ2n) is 8.33. The summed E-state index contributed by atoms with van der Waals surface area (Å²) < 4.78 is 17.4. The van der Waals surface area contributed by atoms with E-state index in [1.165, 1.54) is 0 Å². The van der Waals surface area contributed by atoms with E-state index in [-0.39, 0.29) is 12.5 Å². The van der Waals surface area contributed by atoms with E-state index in [4.69, 9.17) is 19.2 Å². The van der Waals surface area contributed by atoms with E-state index in [1.807, 2.05) is 91.0 Å². The molecule has 0 unspecified atom stereocenters. The molecule has 5 rings (SSSR count). The topological polar surface area (TPSA) is 60.4 Å². The van der Waals surface area contributed by atoms with Gasteiger partial charge in [-0.15, -0.1) is 0 Å². The van der Waals surface area contributed by atoms with Crippen LogP contribution in [0.25, 0.3) is 11.1 Å². The molecule has 6 nitrogen and oxygen atoms in total. The Kier molecular flexibility index (Phi) is 6.41. The maximum Gasteiger partial charge on any atom is 0.248 e. The molecule has 4 aromatic rings. The van der Waals surface area contributed by atoms with Crippen LogP contribution in [0.1, 0.15) is 11.1 Å². The summed E-state index contributed by atoms with van der Waals surface area (Å²) in [6.45, 7) is 0.0535. The molecule has 1 amide bonds. The highest BCUT2D eigenvalue weighted by Gasteiger charge is 2.26. The van der Waals surface area contributed by atoms with Crippen molar-refractivity contribution in [2.24, 2.45) is 4.99 Å². The number of carbonyl (C=O) groups excluding carboxylic acids is 1. The Morgan fingerprint density at radius 3 is 2.17 bits per heavy atom. The van der Waals surface area contributed by atoms with Crippen molar-refractivity contribution in [2.75, 3.05) is 32.7 Å². The number of ether oxygens (including phenoxy) is 3. The fourth-order valence-electron chi connectivity index (χ4n) is 4.28. The van der Waals surface area contributed by atoms with Crippen LogP contribution < -0.4 is 19.1 Å². The zero-order valence-corrected chi connectivity index (χ0v) is 20.4. The first kappa shape index (κ1) is 23.2. The third kappa shape index (κ3) is 4.41. The minimum Gasteiger partial charge on any atom is -0.497 e. The van der Waals surface area contributed by atoms with Crippen molar-refractivity contribution in [2.45, 2.75) is 0 Å². The standard InChI is InChI=1S/C30H26N2O4/c1-32-26-18-28(35-3)24(23-11-7-8-12-27(23)36-22-9-5-4-6-10-22)17-25(26)30(31-19-29(32)33)20-13-15-21(34-2)16-14-20/h4-18H,19H2,1-3H3. The molecule has 4 aromatic carbocycles. The van der Waals surface area contributed by atoms with Crippen LogP contribution in [-0.2, 0) is 4.79 Å². The fourth-order valence-corrected chi connectivity index (χ4v) is 4.28. The molecule has 0 spiro atoms. The van der Waals surface area contributed by atoms with Gasteiger partial charge in [-0.2, -0.15) is 0 Å². The van der Waals surface area contributed by atoms with Crippen molar-refractivity contribution in [1.29, 1.82) is 0 Å². The highest BCUT2D eigenvalue weighted by atomic mass is 16.5. The zero-order valence-electron chi connectivity index (χ0n) is 20.4. The Balaban J connectivity index is 1.69. The van der Waals surface area contributed by atoms with Gasteiger partial charge in [0, 0.05) is 35.4 Å². The molecule has 0 aliphatic carbocycles. The lowest BCUT2D eigenvalue weighted by atomic mass is 9.94. The summed E-state index contributed by atoms with van der Waals surface area (Å²) in [4.78, 5) is 19.2. The number of carbonyl (C=O) groups is 1. The van der Waals surface area contributed by atoms with Crippen molar-refractivity contribution in [3.05, 3.63) is 102 Å². The number of benzene rings is 4. The minimum absolute atomic E-state index is 0.0535. The first-order valence-electron chi connectivity index (χ1n) is 11.6. The van der Waals surface area contributed by atoms with E-state index in [1.54, 1.807) is 26.2 Å². The molecule has 1 aliphatic rings. The number of aliphatic imine (C=N–C) groups is 1. The third-order valence-electron chi connectivity index (χ3n) is 6.19. The summed E-state index contributed by atoms with van der Waals surface area (Å²) in [5.74, 6) is 2.73. The van der Waals surface area contributed by atoms with Crippen LogP contribution in [0.2, 0.25) is 0 Å². The van der Waals surface area contributed by atoms with Crippen LogP contribution in [0.15, 0.2) is 96.0 Å². The van der Waals surface area contributed by atoms with E-state index in [9.17, 15) is 4.79 Å². The maximum absolute atomic E-state index is 12.8. The Labute approximate surface area is 210 Å². The van der Waals surface area contributed by atoms with Gasteiger partial charge in [0.05, 0.1) is 25.6 Å². The summed E-state index contributed by atoms with van der Waals surface area (Å²) in [5.41, 5.74) is 4.90. The first-order valence-corrected chi connectivity index (χ1v) is 11.6. The summed E-state index contributed by atoms with van der Waals surface area (Å²) in [6.07, 6.45) is 0. The number of fused-ring (bicyclic) bond motifs is 1. The van der Waals surface area contributed by atoms with Gasteiger partial charge in [-0.05, 0) is 48.5 Å². The average Bonchev–Trinajstić information content (AvgIpc) is 3.04. The number of amides is 1. The van der Waals surface area contributed by atoms with E-state index in [0.29, 0.717) is 11.5 Å². The Morgan fingerprint density at radius 2 is 1.44 bits per heavy atom. The molecule has 0 saturated heterocycles. The van der Waals surface area contributed by atoms with Gasteiger partial charge in [0.1, 0.15) is 29.5 Å². The predicted octanol–water partition coefficient (Wildman–Crippen LogP) is 5.98. The van der Waals surface area contributed by atoms with Gasteiger partial charge in [-0.3, -0.25) is 9.79 Å². The highest BCUT2D eigenvalue weighted by molar-refractivity contribution is 6.20. The van der Waals surface area contributed by atoms with Crippen molar-refractivity contribution >= 4 is 17.3 Å². The second-order valence-corrected chi connectivity index (χ2v) is 8.33. The molecule has 0 N–H and O–H groups in total. The maximum atomic E-state index is 12.8. The average molecular weight is 479 g/mol. The molecule has 180 valence electrons. The molecule has 6 heteroatoms. The molecule has 0 atom stereocenters. The van der Waals surface area contributed by atoms with Crippen molar-refractivity contribution in [1.82, 2.24) is 0 Å². The molecule has 0 fully saturated rings. The van der Waals surface area contributed by atoms with E-state index in [2.05, 4.69) is 0 Å². The van der Waals surface area contributed by atoms with Gasteiger partial charge in [-0.25, -0.2) is 0 Å². The Bertz CT molecular complexity index is 1430. The third-order valence-corrected chi connectivity index (χ3v) is 6.19. The molecule has 0 bridgehead atoms. The molecule has 1 heterocycles. The molecule has 0 saturated carbocycles. The molecule has 0 radical (unpaired) electrons. The number of rotatable bonds is 6. The van der Waals surface area contributed by atoms with Crippen LogP contribution >= 0.6 is 0 Å². The smallest absolute Gasteiger partial charge is 0.248 e. The van der Waals surface area contributed by atoms with Crippen LogP contribution in [0, 0.1) is 0 Å². The fraction of sp³-hybridized carbons (Fsp3) is 0.133. The van der Waals surface area contributed by atoms with Crippen LogP contribution in [0.3, 0.4) is 0 Å². The minimum atomic E-state index is -0.0950. The van der Waals surface area contributed by atoms with Crippen molar-refractivity contribution in [3.8, 4) is 34.1 Å². The Morgan fingerprint density at radius 1 is 0.722 bits per heavy atom. The summed E-state index contributed by atoms with van der Waals surface area (Å²) in [5, 5.41) is 0. The van der Waals surface area contributed by atoms with E-state index in [0.717, 1.165) is 45.2 Å². The predicted molar refractivity (Wildman–Crippen MR) is 142 cm³/mol. The van der Waals surface area contributed by atoms with Gasteiger partial charge in [0.15, 0.2) is 0 Å². The summed E-state index contributed by atoms with van der Waals surface area (Å²) >= 11 is 0. The molecular formula is C30H26N2O4. The monoisotopic (exact) mass is 478 g/mol. The number of para-hydroxylation sites is 2. The zero-order chi connectivity index (χ0) is 25.1. The first-order chi connectivity index (χ1) is 17.6. The number of anilines is 1. The second kappa shape index (κ2) is 9.96. The van der Waals surface area contributed by atoms with Crippen LogP contribution in [0.5, 0.6) is 23.0 Å². The van der Waals surface area contributed by atoms with Gasteiger partial charge >= 0.3 is 0 Å². The van der Waals surface area contributed by atoms with E-state index >= 15 is 0 Å². The van der Waals surface area contributed by atoms with Crippen molar-refractivity contribution < 1.29 is 19.0 Å². The highest BCUT2D eigenvalue weighted by Crippen LogP contribution is 2.42. The summed E-state index contributed by atoms with van der Waals surface area (Å²) in [7, 11) is 5.02. The van der Waals surface area contributed by atoms with Gasteiger partial charge < -0.3 is 19.1 Å². The number of likely N-dealkylation sites (N-methyl/N-ethyl adjacent to an activating group) is 1. The van der Waals surface area contributed by atoms with Crippen LogP contribution in [-0.4, -0.2) is 39.4 Å². The Hall–Kier alpha value is -4.58. The van der Waals surface area contributed by atoms with Gasteiger partial charge in [0.2, 0.25) is 5.91 Å². The molecular weight excluding hydrogens is 452 g/mol. The SMILES string of the molecule is COc1ccc(C2=NCC(=O)N(C)c3cc(OC)c(-c4ccccc4Oc4ccccc4)cc32)cc1. The number of methoxy groups -OCH3 is 2. The normalized spacial score (nSPS) is 12.9. The lowest BCUT2D eigenvalue weighted by Gasteiger charge is -2.22. The van der Waals surface area contributed by atoms with E-state index < -0.39 is 0 Å². The molecule has 0 aromatic heterocycles. The quantitative estimate of drug-likeness (QED) is 0.342. The van der Waals surface area contributed by atoms with Crippen LogP contribution in [0.4, 0.5) is 5.69 Å². The van der Waals surface area contributed by atoms with Gasteiger partial charge in [0.25, 0.3) is 0 Å². The lowest BCUT2D eigenvalue weighted by molar-refractivity contribution is -0.116. The number of nitrogens with zero attached hydrogens (tertiary/aromatic N) is 2. The molecule has 36 heavy (non-hydrogen) atoms. The number of benzodiazepines with no additional fused rings is 1. The summed E-state index contributed by atoms with van der Waals surface area (Å²) in [6, 6.07) is 29.1. The lowest BCUT2D eigenvalue weighted by Crippen LogP contribution is -2.27. The molecule has 1 aliphatic heterocycles. The van der Waals surface area contributed by atoms with Gasteiger partial charge in [-0.1, -0.05) is 36.4 Å². The number of hydrogen-bond acceptors (Lipinski definition) is 5. The largest absolute Gasteiger partial charge is 0.497 e. The van der Waals surface area contributed by atoms with Crippen molar-refractivity contribution in [3.63, 3.8) is 0 Å².